The Labute approximate surface area is 144 Å². The van der Waals surface area contributed by atoms with Gasteiger partial charge in [-0.05, 0) is 32.1 Å². The number of hydrogen-bond acceptors (Lipinski definition) is 2. The lowest BCUT2D eigenvalue weighted by Gasteiger charge is -2.03. The van der Waals surface area contributed by atoms with Gasteiger partial charge in [-0.25, -0.2) is 4.79 Å². The molecule has 23 heavy (non-hydrogen) atoms. The molecule has 0 aliphatic heterocycles. The van der Waals surface area contributed by atoms with Crippen molar-refractivity contribution in [1.82, 2.24) is 5.32 Å². The number of carbonyl (C=O) groups excluding carboxylic acids is 1. The zero-order chi connectivity index (χ0) is 17.0. The van der Waals surface area contributed by atoms with E-state index >= 15 is 0 Å². The Morgan fingerprint density at radius 1 is 0.783 bits per heavy atom. The minimum absolute atomic E-state index is 0.322. The quantitative estimate of drug-likeness (QED) is 0.264. The number of ether oxygens (including phenoxy) is 1. The second-order valence-electron chi connectivity index (χ2n) is 6.32. The van der Waals surface area contributed by atoms with Crippen molar-refractivity contribution >= 4 is 6.09 Å². The smallest absolute Gasteiger partial charge is 0.406 e. The normalized spacial score (nSPS) is 11.0. The van der Waals surface area contributed by atoms with Crippen LogP contribution in [0.25, 0.3) is 0 Å². The molecule has 0 atom stereocenters. The third kappa shape index (κ3) is 19.0. The molecule has 0 bridgehead atoms. The van der Waals surface area contributed by atoms with E-state index < -0.39 is 0 Å². The highest BCUT2D eigenvalue weighted by Crippen LogP contribution is 2.09. The summed E-state index contributed by atoms with van der Waals surface area (Å²) in [6.07, 6.45) is 22.5. The van der Waals surface area contributed by atoms with Crippen LogP contribution < -0.4 is 5.32 Å². The number of allylic oxidation sites excluding steroid dienone is 2. The van der Waals surface area contributed by atoms with Crippen molar-refractivity contribution in [2.24, 2.45) is 0 Å². The summed E-state index contributed by atoms with van der Waals surface area (Å²) in [5.74, 6) is 0. The number of nitrogens with one attached hydrogen (secondary N) is 1. The van der Waals surface area contributed by atoms with Gasteiger partial charge in [-0.1, -0.05) is 76.9 Å². The molecule has 0 aromatic heterocycles. The number of rotatable bonds is 16. The van der Waals surface area contributed by atoms with Gasteiger partial charge in [0.05, 0.1) is 6.61 Å². The van der Waals surface area contributed by atoms with E-state index in [0.717, 1.165) is 12.8 Å². The summed E-state index contributed by atoms with van der Waals surface area (Å²) in [6, 6.07) is 0. The molecule has 0 unspecified atom stereocenters. The molecule has 0 fully saturated rings. The molecule has 0 spiro atoms. The van der Waals surface area contributed by atoms with Crippen molar-refractivity contribution in [1.29, 1.82) is 0 Å². The van der Waals surface area contributed by atoms with E-state index in [1.807, 2.05) is 0 Å². The van der Waals surface area contributed by atoms with Gasteiger partial charge in [-0.2, -0.15) is 0 Å². The van der Waals surface area contributed by atoms with Gasteiger partial charge in [0.25, 0.3) is 0 Å². The number of carbonyl (C=O) groups is 1. The van der Waals surface area contributed by atoms with Crippen LogP contribution >= 0.6 is 0 Å². The summed E-state index contributed by atoms with van der Waals surface area (Å²) in [4.78, 5) is 10.8. The zero-order valence-corrected chi connectivity index (χ0v) is 15.6. The lowest BCUT2D eigenvalue weighted by atomic mass is 10.1. The van der Waals surface area contributed by atoms with Crippen LogP contribution in [0.1, 0.15) is 96.8 Å². The van der Waals surface area contributed by atoms with Gasteiger partial charge < -0.3 is 10.1 Å². The summed E-state index contributed by atoms with van der Waals surface area (Å²) >= 11 is 0. The van der Waals surface area contributed by atoms with Crippen LogP contribution in [0.5, 0.6) is 0 Å². The van der Waals surface area contributed by atoms with Crippen molar-refractivity contribution in [2.75, 3.05) is 13.7 Å². The average Bonchev–Trinajstić information content (AvgIpc) is 2.57. The van der Waals surface area contributed by atoms with Gasteiger partial charge >= 0.3 is 6.09 Å². The fraction of sp³-hybridized carbons (Fsp3) is 0.850. The topological polar surface area (TPSA) is 38.3 Å². The molecule has 0 aromatic carbocycles. The monoisotopic (exact) mass is 325 g/mol. The van der Waals surface area contributed by atoms with Gasteiger partial charge in [0, 0.05) is 7.05 Å². The Morgan fingerprint density at radius 3 is 1.78 bits per heavy atom. The first kappa shape index (κ1) is 22.0. The van der Waals surface area contributed by atoms with Crippen molar-refractivity contribution in [3.63, 3.8) is 0 Å². The van der Waals surface area contributed by atoms with Crippen molar-refractivity contribution in [3.05, 3.63) is 12.2 Å². The van der Waals surface area contributed by atoms with E-state index in [0.29, 0.717) is 6.61 Å². The van der Waals surface area contributed by atoms with Gasteiger partial charge in [-0.3, -0.25) is 0 Å². The van der Waals surface area contributed by atoms with E-state index in [4.69, 9.17) is 4.74 Å². The molecule has 0 rings (SSSR count). The van der Waals surface area contributed by atoms with Crippen LogP contribution in [0, 0.1) is 0 Å². The molecule has 0 aliphatic carbocycles. The van der Waals surface area contributed by atoms with Crippen LogP contribution in [0.15, 0.2) is 12.2 Å². The molecule has 3 heteroatoms. The first-order valence-corrected chi connectivity index (χ1v) is 9.80. The molecule has 0 aliphatic rings. The van der Waals surface area contributed by atoms with Gasteiger partial charge in [0.15, 0.2) is 0 Å². The summed E-state index contributed by atoms with van der Waals surface area (Å²) in [5.41, 5.74) is 0. The Bertz CT molecular complexity index is 277. The summed E-state index contributed by atoms with van der Waals surface area (Å²) < 4.78 is 4.95. The third-order valence-corrected chi connectivity index (χ3v) is 4.09. The fourth-order valence-electron chi connectivity index (χ4n) is 2.59. The van der Waals surface area contributed by atoms with Crippen molar-refractivity contribution in [2.45, 2.75) is 96.8 Å². The number of hydrogen-bond donors (Lipinski definition) is 1. The van der Waals surface area contributed by atoms with Crippen LogP contribution in [-0.4, -0.2) is 19.7 Å². The second-order valence-corrected chi connectivity index (χ2v) is 6.32. The fourth-order valence-corrected chi connectivity index (χ4v) is 2.59. The minimum atomic E-state index is -0.322. The molecule has 0 aromatic rings. The summed E-state index contributed by atoms with van der Waals surface area (Å²) in [7, 11) is 1.59. The molecular formula is C20H39NO2. The first-order valence-electron chi connectivity index (χ1n) is 9.80. The molecule has 0 heterocycles. The lowest BCUT2D eigenvalue weighted by Crippen LogP contribution is -2.19. The Hall–Kier alpha value is -0.990. The molecule has 1 N–H and O–H groups in total. The molecule has 1 amide bonds. The third-order valence-electron chi connectivity index (χ3n) is 4.09. The maximum absolute atomic E-state index is 10.8. The van der Waals surface area contributed by atoms with Crippen molar-refractivity contribution < 1.29 is 9.53 Å². The number of amides is 1. The molecule has 0 saturated carbocycles. The van der Waals surface area contributed by atoms with Crippen LogP contribution in [-0.2, 0) is 4.74 Å². The number of unbranched alkanes of at least 4 members (excludes halogenated alkanes) is 12. The zero-order valence-electron chi connectivity index (χ0n) is 15.6. The predicted molar refractivity (Wildman–Crippen MR) is 99.9 cm³/mol. The predicted octanol–water partition coefficient (Wildman–Crippen LogP) is 6.38. The van der Waals surface area contributed by atoms with Gasteiger partial charge in [0.1, 0.15) is 0 Å². The van der Waals surface area contributed by atoms with E-state index in [-0.39, 0.29) is 6.09 Å². The van der Waals surface area contributed by atoms with Crippen LogP contribution in [0.4, 0.5) is 4.79 Å². The van der Waals surface area contributed by atoms with E-state index in [1.54, 1.807) is 7.05 Å². The Morgan fingerprint density at radius 2 is 1.26 bits per heavy atom. The molecule has 3 nitrogen and oxygen atoms in total. The molecular weight excluding hydrogens is 286 g/mol. The minimum Gasteiger partial charge on any atom is -0.450 e. The Kier molecular flexibility index (Phi) is 18.2. The lowest BCUT2D eigenvalue weighted by molar-refractivity contribution is 0.146. The number of alkyl carbamates (subject to hydrolysis) is 1. The standard InChI is InChI=1S/C20H39NO2/c1-3-4-5-6-7-8-9-10-11-12-13-14-15-16-17-18-19-23-20(22)21-2/h10-11H,3-9,12-19H2,1-2H3,(H,21,22)/b11-10-. The highest BCUT2D eigenvalue weighted by Gasteiger charge is 1.96. The maximum atomic E-state index is 10.8. The summed E-state index contributed by atoms with van der Waals surface area (Å²) in [5, 5.41) is 2.45. The molecule has 136 valence electrons. The van der Waals surface area contributed by atoms with Gasteiger partial charge in [-0.15, -0.1) is 0 Å². The van der Waals surface area contributed by atoms with Gasteiger partial charge in [0.2, 0.25) is 0 Å². The highest BCUT2D eigenvalue weighted by molar-refractivity contribution is 5.66. The maximum Gasteiger partial charge on any atom is 0.406 e. The second kappa shape index (κ2) is 19.1. The van der Waals surface area contributed by atoms with Crippen LogP contribution in [0.2, 0.25) is 0 Å². The average molecular weight is 326 g/mol. The van der Waals surface area contributed by atoms with Crippen molar-refractivity contribution in [3.8, 4) is 0 Å². The molecule has 0 saturated heterocycles. The summed E-state index contributed by atoms with van der Waals surface area (Å²) in [6.45, 7) is 2.81. The van der Waals surface area contributed by atoms with E-state index in [9.17, 15) is 4.79 Å². The van der Waals surface area contributed by atoms with E-state index in [1.165, 1.54) is 77.0 Å². The highest BCUT2D eigenvalue weighted by atomic mass is 16.5. The van der Waals surface area contributed by atoms with E-state index in [2.05, 4.69) is 24.4 Å². The molecule has 0 radical (unpaired) electrons. The first-order chi connectivity index (χ1) is 11.3. The SMILES string of the molecule is CCCCCCCC/C=C\CCCCCCCCOC(=O)NC. The largest absolute Gasteiger partial charge is 0.450 e. The van der Waals surface area contributed by atoms with Crippen LogP contribution in [0.3, 0.4) is 0 Å². The Balaban J connectivity index is 3.09.